The lowest BCUT2D eigenvalue weighted by Gasteiger charge is -2.28. The summed E-state index contributed by atoms with van der Waals surface area (Å²) in [6.07, 6.45) is -1.27. The lowest BCUT2D eigenvalue weighted by Crippen LogP contribution is -2.38. The topological polar surface area (TPSA) is 51.1 Å². The number of hydrogen-bond donors (Lipinski definition) is 1. The maximum Gasteiger partial charge on any atom is 0.417 e. The van der Waals surface area contributed by atoms with Gasteiger partial charge in [0.05, 0.1) is 11.6 Å². The van der Waals surface area contributed by atoms with Crippen molar-refractivity contribution in [2.24, 2.45) is 0 Å². The van der Waals surface area contributed by atoms with Crippen LogP contribution >= 0.6 is 0 Å². The van der Waals surface area contributed by atoms with Gasteiger partial charge in [0.1, 0.15) is 6.04 Å². The Morgan fingerprint density at radius 1 is 1.23 bits per heavy atom. The lowest BCUT2D eigenvalue weighted by molar-refractivity contribution is -0.138. The van der Waals surface area contributed by atoms with Gasteiger partial charge in [-0.1, -0.05) is 24.3 Å². The van der Waals surface area contributed by atoms with Crippen molar-refractivity contribution in [3.05, 3.63) is 69.6 Å². The molecule has 3 rings (SSSR count). The number of amides is 1. The smallest absolute Gasteiger partial charge is 0.347 e. The number of carbonyl (C=O) groups is 1. The molecule has 26 heavy (non-hydrogen) atoms. The number of carbonyl (C=O) groups excluding carboxylic acids is 1. The normalized spacial score (nSPS) is 18.1. The Hall–Kier alpha value is -2.57. The van der Waals surface area contributed by atoms with E-state index in [1.807, 2.05) is 24.3 Å². The zero-order chi connectivity index (χ0) is 18.9. The molecule has 0 spiro atoms. The van der Waals surface area contributed by atoms with Crippen molar-refractivity contribution in [1.29, 1.82) is 0 Å². The number of aryl methyl sites for hydroxylation is 1. The summed E-state index contributed by atoms with van der Waals surface area (Å²) in [6, 6.07) is 8.10. The van der Waals surface area contributed by atoms with Crippen molar-refractivity contribution in [2.75, 3.05) is 0 Å². The first-order valence-electron chi connectivity index (χ1n) is 8.45. The molecule has 0 bridgehead atoms. The average Bonchev–Trinajstić information content (AvgIpc) is 2.61. The van der Waals surface area contributed by atoms with Crippen molar-refractivity contribution in [3.8, 4) is 0 Å². The van der Waals surface area contributed by atoms with Gasteiger partial charge in [0, 0.05) is 12.3 Å². The SMILES string of the molecule is C[C@@H](C(=O)N[C@@H]1CCCc2ccccc21)n1cc(C(F)(F)F)ccc1=O. The van der Waals surface area contributed by atoms with Gasteiger partial charge >= 0.3 is 6.18 Å². The third kappa shape index (κ3) is 3.66. The highest BCUT2D eigenvalue weighted by Crippen LogP contribution is 2.30. The van der Waals surface area contributed by atoms with Crippen molar-refractivity contribution in [2.45, 2.75) is 44.4 Å². The lowest BCUT2D eigenvalue weighted by atomic mass is 9.87. The van der Waals surface area contributed by atoms with Crippen LogP contribution in [0.2, 0.25) is 0 Å². The van der Waals surface area contributed by atoms with E-state index in [1.165, 1.54) is 6.92 Å². The molecule has 1 heterocycles. The first-order chi connectivity index (χ1) is 12.3. The van der Waals surface area contributed by atoms with Crippen molar-refractivity contribution < 1.29 is 18.0 Å². The summed E-state index contributed by atoms with van der Waals surface area (Å²) >= 11 is 0. The summed E-state index contributed by atoms with van der Waals surface area (Å²) in [5, 5.41) is 2.88. The molecule has 1 aromatic heterocycles. The number of nitrogens with zero attached hydrogens (tertiary/aromatic N) is 1. The number of alkyl halides is 3. The van der Waals surface area contributed by atoms with E-state index in [1.54, 1.807) is 0 Å². The molecule has 1 aliphatic rings. The molecule has 0 radical (unpaired) electrons. The second-order valence-corrected chi connectivity index (χ2v) is 6.49. The fraction of sp³-hybridized carbons (Fsp3) is 0.368. The quantitative estimate of drug-likeness (QED) is 0.904. The molecule has 1 aliphatic carbocycles. The molecular formula is C19H19F3N2O2. The minimum absolute atomic E-state index is 0.198. The van der Waals surface area contributed by atoms with E-state index < -0.39 is 29.2 Å². The predicted octanol–water partition coefficient (Wildman–Crippen LogP) is 3.62. The van der Waals surface area contributed by atoms with Gasteiger partial charge in [-0.15, -0.1) is 0 Å². The molecule has 0 saturated heterocycles. The van der Waals surface area contributed by atoms with E-state index in [-0.39, 0.29) is 6.04 Å². The number of nitrogens with one attached hydrogen (secondary N) is 1. The Kier molecular flexibility index (Phi) is 4.89. The molecular weight excluding hydrogens is 345 g/mol. The number of benzene rings is 1. The Morgan fingerprint density at radius 3 is 2.69 bits per heavy atom. The summed E-state index contributed by atoms with van der Waals surface area (Å²) in [5.74, 6) is -0.479. The Morgan fingerprint density at radius 2 is 1.96 bits per heavy atom. The van der Waals surface area contributed by atoms with Gasteiger partial charge in [0.25, 0.3) is 5.56 Å². The molecule has 0 saturated carbocycles. The summed E-state index contributed by atoms with van der Waals surface area (Å²) < 4.78 is 39.5. The molecule has 0 fully saturated rings. The van der Waals surface area contributed by atoms with Crippen LogP contribution < -0.4 is 10.9 Å². The van der Waals surface area contributed by atoms with Crippen LogP contribution in [0, 0.1) is 0 Å². The standard InChI is InChI=1S/C19H19F3N2O2/c1-12(24-11-14(19(20,21)22)9-10-17(24)25)18(26)23-16-8-4-6-13-5-2-3-7-15(13)16/h2-3,5,7,9-12,16H,4,6,8H2,1H3,(H,23,26)/t12-,16+/m0/s1. The largest absolute Gasteiger partial charge is 0.417 e. The fourth-order valence-corrected chi connectivity index (χ4v) is 3.30. The van der Waals surface area contributed by atoms with Crippen LogP contribution in [0.25, 0.3) is 0 Å². The van der Waals surface area contributed by atoms with Crippen LogP contribution in [0.3, 0.4) is 0 Å². The molecule has 2 atom stereocenters. The highest BCUT2D eigenvalue weighted by atomic mass is 19.4. The summed E-state index contributed by atoms with van der Waals surface area (Å²) in [5.41, 5.74) is 0.577. The molecule has 0 aliphatic heterocycles. The second-order valence-electron chi connectivity index (χ2n) is 6.49. The minimum atomic E-state index is -4.58. The highest BCUT2D eigenvalue weighted by Gasteiger charge is 2.32. The number of hydrogen-bond acceptors (Lipinski definition) is 2. The van der Waals surface area contributed by atoms with Gasteiger partial charge in [-0.25, -0.2) is 0 Å². The van der Waals surface area contributed by atoms with E-state index >= 15 is 0 Å². The third-order valence-corrected chi connectivity index (χ3v) is 4.75. The summed E-state index contributed by atoms with van der Waals surface area (Å²) in [7, 11) is 0. The number of halogens is 3. The Balaban J connectivity index is 1.82. The van der Waals surface area contributed by atoms with Crippen LogP contribution in [0.5, 0.6) is 0 Å². The van der Waals surface area contributed by atoms with Gasteiger partial charge in [-0.2, -0.15) is 13.2 Å². The van der Waals surface area contributed by atoms with E-state index in [4.69, 9.17) is 0 Å². The molecule has 2 aromatic rings. The number of fused-ring (bicyclic) bond motifs is 1. The number of pyridine rings is 1. The third-order valence-electron chi connectivity index (χ3n) is 4.75. The number of aromatic nitrogens is 1. The van der Waals surface area contributed by atoms with Gasteiger partial charge in [-0.05, 0) is 43.4 Å². The van der Waals surface area contributed by atoms with E-state index in [0.29, 0.717) is 6.20 Å². The van der Waals surface area contributed by atoms with Crippen molar-refractivity contribution >= 4 is 5.91 Å². The fourth-order valence-electron chi connectivity index (χ4n) is 3.30. The van der Waals surface area contributed by atoms with Crippen molar-refractivity contribution in [1.82, 2.24) is 9.88 Å². The van der Waals surface area contributed by atoms with Crippen LogP contribution in [-0.4, -0.2) is 10.5 Å². The van der Waals surface area contributed by atoms with Gasteiger partial charge < -0.3 is 9.88 Å². The van der Waals surface area contributed by atoms with E-state index in [2.05, 4.69) is 5.32 Å². The monoisotopic (exact) mass is 364 g/mol. The van der Waals surface area contributed by atoms with E-state index in [0.717, 1.165) is 47.1 Å². The highest BCUT2D eigenvalue weighted by molar-refractivity contribution is 5.80. The Labute approximate surface area is 148 Å². The summed E-state index contributed by atoms with van der Waals surface area (Å²) in [6.45, 7) is 1.42. The molecule has 7 heteroatoms. The second kappa shape index (κ2) is 6.97. The zero-order valence-corrected chi connectivity index (χ0v) is 14.2. The Bertz CT molecular complexity index is 874. The van der Waals surface area contributed by atoms with Gasteiger partial charge in [0.15, 0.2) is 0 Å². The van der Waals surface area contributed by atoms with Crippen molar-refractivity contribution in [3.63, 3.8) is 0 Å². The minimum Gasteiger partial charge on any atom is -0.347 e. The molecule has 1 N–H and O–H groups in total. The van der Waals surface area contributed by atoms with Crippen LogP contribution in [0.4, 0.5) is 13.2 Å². The first kappa shape index (κ1) is 18.2. The average molecular weight is 364 g/mol. The molecule has 0 unspecified atom stereocenters. The molecule has 1 amide bonds. The van der Waals surface area contributed by atoms with Crippen LogP contribution in [0.15, 0.2) is 47.4 Å². The molecule has 1 aromatic carbocycles. The summed E-state index contributed by atoms with van der Waals surface area (Å²) in [4.78, 5) is 24.5. The van der Waals surface area contributed by atoms with Gasteiger partial charge in [0.2, 0.25) is 5.91 Å². The van der Waals surface area contributed by atoms with Crippen LogP contribution in [-0.2, 0) is 17.4 Å². The van der Waals surface area contributed by atoms with Gasteiger partial charge in [-0.3, -0.25) is 9.59 Å². The number of rotatable bonds is 3. The predicted molar refractivity (Wildman–Crippen MR) is 90.7 cm³/mol. The maximum atomic E-state index is 12.9. The molecule has 4 nitrogen and oxygen atoms in total. The van der Waals surface area contributed by atoms with E-state index in [9.17, 15) is 22.8 Å². The zero-order valence-electron chi connectivity index (χ0n) is 14.2. The molecule has 138 valence electrons. The first-order valence-corrected chi connectivity index (χ1v) is 8.45. The van der Waals surface area contributed by atoms with Crippen LogP contribution in [0.1, 0.15) is 48.5 Å². The maximum absolute atomic E-state index is 12.9.